The standard InChI is InChI=1S/C11H25N.C9H21N/c1-6-7-12(8-10(2)3)9-11(4)5;1-4-7-10(8-5-2)9-6-3/h10-11H,6-9H2,1-5H3;4-9H2,1-3H3. The third kappa shape index (κ3) is 18.0. The van der Waals surface area contributed by atoms with Gasteiger partial charge in [-0.15, -0.1) is 0 Å². The van der Waals surface area contributed by atoms with E-state index in [1.165, 1.54) is 65.0 Å². The molecule has 0 N–H and O–H groups in total. The molecule has 0 rings (SSSR count). The zero-order valence-corrected chi connectivity index (χ0v) is 17.1. The van der Waals surface area contributed by atoms with E-state index in [1.807, 2.05) is 0 Å². The third-order valence-corrected chi connectivity index (χ3v) is 3.41. The second kappa shape index (κ2) is 17.3. The highest BCUT2D eigenvalue weighted by molar-refractivity contribution is 4.61. The first-order chi connectivity index (χ1) is 10.4. The Morgan fingerprint density at radius 2 is 0.773 bits per heavy atom. The largest absolute Gasteiger partial charge is 0.303 e. The van der Waals surface area contributed by atoms with E-state index in [4.69, 9.17) is 0 Å². The molecule has 22 heavy (non-hydrogen) atoms. The second-order valence-corrected chi connectivity index (χ2v) is 7.39. The average Bonchev–Trinajstić information content (AvgIpc) is 2.39. The Morgan fingerprint density at radius 1 is 0.500 bits per heavy atom. The van der Waals surface area contributed by atoms with Gasteiger partial charge < -0.3 is 9.80 Å². The Bertz CT molecular complexity index is 178. The van der Waals surface area contributed by atoms with Crippen molar-refractivity contribution in [2.45, 2.75) is 81.1 Å². The first-order valence-electron chi connectivity index (χ1n) is 9.85. The van der Waals surface area contributed by atoms with Gasteiger partial charge in [-0.1, -0.05) is 55.4 Å². The molecule has 0 aromatic carbocycles. The van der Waals surface area contributed by atoms with Gasteiger partial charge in [0.1, 0.15) is 0 Å². The van der Waals surface area contributed by atoms with Crippen LogP contribution in [0.4, 0.5) is 0 Å². The van der Waals surface area contributed by atoms with E-state index >= 15 is 0 Å². The van der Waals surface area contributed by atoms with Crippen molar-refractivity contribution in [2.75, 3.05) is 39.3 Å². The molecule has 0 atom stereocenters. The lowest BCUT2D eigenvalue weighted by Crippen LogP contribution is -2.31. The zero-order valence-electron chi connectivity index (χ0n) is 17.1. The summed E-state index contributed by atoms with van der Waals surface area (Å²) in [5.41, 5.74) is 0. The molecule has 136 valence electrons. The van der Waals surface area contributed by atoms with Crippen molar-refractivity contribution in [2.24, 2.45) is 11.8 Å². The molecule has 0 aliphatic rings. The minimum absolute atomic E-state index is 0.801. The van der Waals surface area contributed by atoms with E-state index in [0.717, 1.165) is 11.8 Å². The molecule has 0 aromatic heterocycles. The predicted molar refractivity (Wildman–Crippen MR) is 104 cm³/mol. The summed E-state index contributed by atoms with van der Waals surface area (Å²) in [6.07, 6.45) is 5.15. The zero-order chi connectivity index (χ0) is 17.4. The number of nitrogens with zero attached hydrogens (tertiary/aromatic N) is 2. The molecule has 0 heterocycles. The lowest BCUT2D eigenvalue weighted by molar-refractivity contribution is 0.220. The molecule has 0 saturated carbocycles. The summed E-state index contributed by atoms with van der Waals surface area (Å²) < 4.78 is 0. The van der Waals surface area contributed by atoms with Gasteiger partial charge in [-0.05, 0) is 63.7 Å². The van der Waals surface area contributed by atoms with Crippen LogP contribution in [0.3, 0.4) is 0 Å². The highest BCUT2D eigenvalue weighted by atomic mass is 15.1. The van der Waals surface area contributed by atoms with Gasteiger partial charge in [0.2, 0.25) is 0 Å². The van der Waals surface area contributed by atoms with Crippen molar-refractivity contribution >= 4 is 0 Å². The summed E-state index contributed by atoms with van der Waals surface area (Å²) >= 11 is 0. The van der Waals surface area contributed by atoms with Crippen LogP contribution in [0.2, 0.25) is 0 Å². The van der Waals surface area contributed by atoms with Crippen molar-refractivity contribution in [1.29, 1.82) is 0 Å². The fourth-order valence-corrected chi connectivity index (χ4v) is 2.89. The second-order valence-electron chi connectivity index (χ2n) is 7.39. The van der Waals surface area contributed by atoms with Crippen molar-refractivity contribution in [3.05, 3.63) is 0 Å². The molecule has 0 aliphatic carbocycles. The number of rotatable bonds is 12. The SMILES string of the molecule is CCCN(CC(C)C)CC(C)C.CCCN(CCC)CCC. The normalized spacial score (nSPS) is 11.5. The molecule has 2 nitrogen and oxygen atoms in total. The van der Waals surface area contributed by atoms with Crippen molar-refractivity contribution in [1.82, 2.24) is 9.80 Å². The highest BCUT2D eigenvalue weighted by Gasteiger charge is 2.07. The van der Waals surface area contributed by atoms with Crippen LogP contribution in [0.25, 0.3) is 0 Å². The van der Waals surface area contributed by atoms with Gasteiger partial charge in [0.25, 0.3) is 0 Å². The summed E-state index contributed by atoms with van der Waals surface area (Å²) in [7, 11) is 0. The van der Waals surface area contributed by atoms with Crippen LogP contribution in [0.15, 0.2) is 0 Å². The smallest absolute Gasteiger partial charge is 0.000449 e. The summed E-state index contributed by atoms with van der Waals surface area (Å²) in [4.78, 5) is 5.12. The van der Waals surface area contributed by atoms with Gasteiger partial charge in [0, 0.05) is 13.1 Å². The average molecular weight is 315 g/mol. The lowest BCUT2D eigenvalue weighted by atomic mass is 10.1. The molecule has 0 bridgehead atoms. The topological polar surface area (TPSA) is 6.48 Å². The molecule has 0 fully saturated rings. The molecule has 0 amide bonds. The summed E-state index contributed by atoms with van der Waals surface area (Å²) in [6, 6.07) is 0. The van der Waals surface area contributed by atoms with Gasteiger partial charge >= 0.3 is 0 Å². The van der Waals surface area contributed by atoms with Crippen molar-refractivity contribution in [3.8, 4) is 0 Å². The van der Waals surface area contributed by atoms with Crippen LogP contribution in [0.1, 0.15) is 81.1 Å². The van der Waals surface area contributed by atoms with E-state index in [9.17, 15) is 0 Å². The summed E-state index contributed by atoms with van der Waals surface area (Å²) in [5, 5.41) is 0. The van der Waals surface area contributed by atoms with Crippen LogP contribution < -0.4 is 0 Å². The van der Waals surface area contributed by atoms with E-state index in [2.05, 4.69) is 65.2 Å². The van der Waals surface area contributed by atoms with Gasteiger partial charge in [-0.25, -0.2) is 0 Å². The fraction of sp³-hybridized carbons (Fsp3) is 1.00. The summed E-state index contributed by atoms with van der Waals surface area (Å²) in [6.45, 7) is 25.8. The van der Waals surface area contributed by atoms with Gasteiger partial charge in [0.15, 0.2) is 0 Å². The van der Waals surface area contributed by atoms with Gasteiger partial charge in [0.05, 0.1) is 0 Å². The maximum absolute atomic E-state index is 2.58. The maximum Gasteiger partial charge on any atom is 0.000449 e. The van der Waals surface area contributed by atoms with Crippen molar-refractivity contribution < 1.29 is 0 Å². The first-order valence-corrected chi connectivity index (χ1v) is 9.85. The first kappa shape index (κ1) is 24.2. The molecule has 0 aliphatic heterocycles. The molecular formula is C20H46N2. The van der Waals surface area contributed by atoms with E-state index in [0.29, 0.717) is 0 Å². The van der Waals surface area contributed by atoms with Gasteiger partial charge in [-0.2, -0.15) is 0 Å². The maximum atomic E-state index is 2.58. The molecular weight excluding hydrogens is 268 g/mol. The third-order valence-electron chi connectivity index (χ3n) is 3.41. The monoisotopic (exact) mass is 314 g/mol. The summed E-state index contributed by atoms with van der Waals surface area (Å²) in [5.74, 6) is 1.60. The molecule has 0 saturated heterocycles. The van der Waals surface area contributed by atoms with Crippen LogP contribution in [0.5, 0.6) is 0 Å². The molecule has 0 spiro atoms. The number of hydrogen-bond donors (Lipinski definition) is 0. The van der Waals surface area contributed by atoms with E-state index < -0.39 is 0 Å². The minimum atomic E-state index is 0.801. The Hall–Kier alpha value is -0.0800. The highest BCUT2D eigenvalue weighted by Crippen LogP contribution is 2.04. The predicted octanol–water partition coefficient (Wildman–Crippen LogP) is 5.53. The molecule has 0 unspecified atom stereocenters. The van der Waals surface area contributed by atoms with Crippen molar-refractivity contribution in [3.63, 3.8) is 0 Å². The molecule has 0 radical (unpaired) electrons. The Labute approximate surface area is 142 Å². The van der Waals surface area contributed by atoms with Crippen LogP contribution in [-0.2, 0) is 0 Å². The molecule has 0 aromatic rings. The number of hydrogen-bond acceptors (Lipinski definition) is 2. The van der Waals surface area contributed by atoms with Crippen LogP contribution in [-0.4, -0.2) is 49.1 Å². The van der Waals surface area contributed by atoms with Gasteiger partial charge in [-0.3, -0.25) is 0 Å². The quantitative estimate of drug-likeness (QED) is 0.467. The fourth-order valence-electron chi connectivity index (χ4n) is 2.89. The Kier molecular flexibility index (Phi) is 19.0. The Balaban J connectivity index is 0. The van der Waals surface area contributed by atoms with E-state index in [1.54, 1.807) is 0 Å². The van der Waals surface area contributed by atoms with E-state index in [-0.39, 0.29) is 0 Å². The van der Waals surface area contributed by atoms with Crippen LogP contribution >= 0.6 is 0 Å². The lowest BCUT2D eigenvalue weighted by Gasteiger charge is -2.25. The molecule has 2 heteroatoms. The van der Waals surface area contributed by atoms with Crippen LogP contribution in [0, 0.1) is 11.8 Å². The minimum Gasteiger partial charge on any atom is -0.303 e. The Morgan fingerprint density at radius 3 is 1.00 bits per heavy atom.